The van der Waals surface area contributed by atoms with Crippen molar-refractivity contribution in [3.63, 3.8) is 0 Å². The van der Waals surface area contributed by atoms with Gasteiger partial charge in [0.25, 0.3) is 0 Å². The highest BCUT2D eigenvalue weighted by atomic mass is 16.7. The van der Waals surface area contributed by atoms with Crippen molar-refractivity contribution in [3.05, 3.63) is 33.2 Å². The van der Waals surface area contributed by atoms with E-state index >= 15 is 0 Å². The van der Waals surface area contributed by atoms with Gasteiger partial charge in [0, 0.05) is 11.1 Å². The number of nitrogens with two attached hydrogens (primary N) is 1. The van der Waals surface area contributed by atoms with Gasteiger partial charge in [0.15, 0.2) is 18.4 Å². The van der Waals surface area contributed by atoms with Crippen molar-refractivity contribution >= 4 is 23.7 Å². The summed E-state index contributed by atoms with van der Waals surface area (Å²) >= 11 is 0. The molecular formula is C21H30N6O8. The summed E-state index contributed by atoms with van der Waals surface area (Å²) in [6, 6.07) is 1.30. The molecule has 1 aromatic rings. The van der Waals surface area contributed by atoms with Gasteiger partial charge < -0.3 is 24.7 Å². The van der Waals surface area contributed by atoms with Gasteiger partial charge >= 0.3 is 23.6 Å². The molecular weight excluding hydrogens is 464 g/mol. The van der Waals surface area contributed by atoms with Crippen molar-refractivity contribution in [2.45, 2.75) is 65.7 Å². The molecule has 0 aliphatic carbocycles. The average molecular weight is 495 g/mol. The van der Waals surface area contributed by atoms with E-state index in [2.05, 4.69) is 15.0 Å². The summed E-state index contributed by atoms with van der Waals surface area (Å²) in [7, 11) is 0. The first-order valence-corrected chi connectivity index (χ1v) is 11.0. The van der Waals surface area contributed by atoms with Crippen LogP contribution in [0, 0.1) is 17.8 Å². The Labute approximate surface area is 201 Å². The lowest BCUT2D eigenvalue weighted by Crippen LogP contribution is -2.50. The van der Waals surface area contributed by atoms with E-state index in [0.29, 0.717) is 0 Å². The molecule has 0 amide bonds. The fourth-order valence-corrected chi connectivity index (χ4v) is 3.04. The summed E-state index contributed by atoms with van der Waals surface area (Å²) in [5.74, 6) is -3.94. The summed E-state index contributed by atoms with van der Waals surface area (Å²) in [6.07, 6.45) is -3.28. The Kier molecular flexibility index (Phi) is 8.83. The number of nitrogens with zero attached hydrogens (tertiary/aromatic N) is 5. The Bertz CT molecular complexity index is 1060. The second kappa shape index (κ2) is 11.2. The number of aromatic nitrogens is 2. The quantitative estimate of drug-likeness (QED) is 0.173. The number of carbonyl (C=O) groups is 3. The lowest BCUT2D eigenvalue weighted by molar-refractivity contribution is -0.182. The minimum Gasteiger partial charge on any atom is -0.462 e. The number of hydrogen-bond donors (Lipinski definition) is 1. The third kappa shape index (κ3) is 6.28. The Hall–Kier alpha value is -3.64. The zero-order valence-corrected chi connectivity index (χ0v) is 20.4. The van der Waals surface area contributed by atoms with Gasteiger partial charge in [0.05, 0.1) is 17.8 Å². The number of ether oxygens (including phenoxy) is 4. The number of esters is 3. The highest BCUT2D eigenvalue weighted by Gasteiger charge is 2.61. The van der Waals surface area contributed by atoms with Gasteiger partial charge in [-0.2, -0.15) is 4.98 Å². The van der Waals surface area contributed by atoms with Crippen LogP contribution in [0.15, 0.2) is 22.2 Å². The average Bonchev–Trinajstić information content (AvgIpc) is 3.05. The van der Waals surface area contributed by atoms with Crippen LogP contribution in [-0.4, -0.2) is 52.0 Å². The maximum Gasteiger partial charge on any atom is 0.351 e. The molecule has 0 saturated carbocycles. The first-order chi connectivity index (χ1) is 16.3. The van der Waals surface area contributed by atoms with Crippen molar-refractivity contribution in [1.29, 1.82) is 0 Å². The van der Waals surface area contributed by atoms with E-state index in [0.717, 1.165) is 4.57 Å². The summed E-state index contributed by atoms with van der Waals surface area (Å²) in [5, 5.41) is 3.66. The minimum absolute atomic E-state index is 0.0741. The number of hydrogen-bond acceptors (Lipinski definition) is 11. The summed E-state index contributed by atoms with van der Waals surface area (Å²) in [5.41, 5.74) is 11.9. The van der Waals surface area contributed by atoms with Crippen molar-refractivity contribution in [3.8, 4) is 0 Å². The van der Waals surface area contributed by atoms with E-state index in [9.17, 15) is 24.7 Å². The van der Waals surface area contributed by atoms with E-state index in [-0.39, 0.29) is 5.82 Å². The van der Waals surface area contributed by atoms with Gasteiger partial charge in [-0.25, -0.2) is 4.79 Å². The van der Waals surface area contributed by atoms with Crippen LogP contribution in [0.1, 0.15) is 47.8 Å². The maximum atomic E-state index is 12.6. The monoisotopic (exact) mass is 494 g/mol. The van der Waals surface area contributed by atoms with Crippen LogP contribution in [0.25, 0.3) is 10.4 Å². The van der Waals surface area contributed by atoms with Crippen LogP contribution >= 0.6 is 0 Å². The lowest BCUT2D eigenvalue weighted by Gasteiger charge is -2.30. The maximum absolute atomic E-state index is 12.6. The molecule has 1 saturated heterocycles. The van der Waals surface area contributed by atoms with E-state index in [1.165, 1.54) is 12.3 Å². The zero-order chi connectivity index (χ0) is 26.5. The first kappa shape index (κ1) is 27.6. The van der Waals surface area contributed by atoms with E-state index in [1.807, 2.05) is 0 Å². The SMILES string of the molecule is CC(C)C(=O)OCC1(N=[N+]=[N-])O[C@@H](n2ccc(N)nc2=O)[C@H](OC(=O)C(C)C)[C@@H]1OC(=O)C(C)C. The highest BCUT2D eigenvalue weighted by molar-refractivity contribution is 5.73. The second-order valence-electron chi connectivity index (χ2n) is 8.92. The molecule has 1 unspecified atom stereocenters. The van der Waals surface area contributed by atoms with Crippen LogP contribution in [0.4, 0.5) is 5.82 Å². The predicted octanol–water partition coefficient (Wildman–Crippen LogP) is 1.70. The molecule has 2 N–H and O–H groups in total. The summed E-state index contributed by atoms with van der Waals surface area (Å²) < 4.78 is 23.3. The Morgan fingerprint density at radius 2 is 1.71 bits per heavy atom. The van der Waals surface area contributed by atoms with Crippen molar-refractivity contribution in [2.24, 2.45) is 22.9 Å². The normalized spacial score (nSPS) is 23.7. The fraction of sp³-hybridized carbons (Fsp3) is 0.667. The number of nitrogen functional groups attached to an aromatic ring is 1. The molecule has 0 aromatic carbocycles. The van der Waals surface area contributed by atoms with E-state index in [1.54, 1.807) is 41.5 Å². The third-order valence-electron chi connectivity index (χ3n) is 5.02. The Morgan fingerprint density at radius 3 is 2.23 bits per heavy atom. The van der Waals surface area contributed by atoms with Crippen molar-refractivity contribution in [2.75, 3.05) is 12.3 Å². The van der Waals surface area contributed by atoms with E-state index in [4.69, 9.17) is 24.7 Å². The third-order valence-corrected chi connectivity index (χ3v) is 5.02. The largest absolute Gasteiger partial charge is 0.462 e. The van der Waals surface area contributed by atoms with Crippen molar-refractivity contribution < 1.29 is 33.3 Å². The van der Waals surface area contributed by atoms with Gasteiger partial charge in [-0.05, 0) is 11.6 Å². The molecule has 14 nitrogen and oxygen atoms in total. The minimum atomic E-state index is -2.17. The van der Waals surface area contributed by atoms with Crippen LogP contribution in [0.2, 0.25) is 0 Å². The van der Waals surface area contributed by atoms with Crippen molar-refractivity contribution in [1.82, 2.24) is 9.55 Å². The molecule has 0 spiro atoms. The first-order valence-electron chi connectivity index (χ1n) is 11.0. The van der Waals surface area contributed by atoms with Gasteiger partial charge in [0.2, 0.25) is 5.72 Å². The highest BCUT2D eigenvalue weighted by Crippen LogP contribution is 2.42. The van der Waals surface area contributed by atoms with Crippen LogP contribution in [0.5, 0.6) is 0 Å². The van der Waals surface area contributed by atoms with Gasteiger partial charge in [-0.3, -0.25) is 19.0 Å². The topological polar surface area (TPSA) is 198 Å². The Morgan fingerprint density at radius 1 is 1.14 bits per heavy atom. The molecule has 0 radical (unpaired) electrons. The standard InChI is InChI=1S/C21H30N6O8/c1-10(2)17(28)32-9-21(25-26-23)15(34-19(30)12(5)6)14(33-18(29)11(3)4)16(35-21)27-8-7-13(22)24-20(27)31/h7-8,10-12,14-16H,9H2,1-6H3,(H2,22,24,31)/t14-,15+,16-,21?/m1/s1. The molecule has 1 aromatic heterocycles. The lowest BCUT2D eigenvalue weighted by atomic mass is 10.0. The molecule has 2 rings (SSSR count). The molecule has 1 fully saturated rings. The van der Waals surface area contributed by atoms with Gasteiger partial charge in [-0.15, -0.1) is 0 Å². The molecule has 1 aliphatic rings. The molecule has 192 valence electrons. The Balaban J connectivity index is 2.69. The van der Waals surface area contributed by atoms with Crippen LogP contribution in [0.3, 0.4) is 0 Å². The molecule has 14 heteroatoms. The smallest absolute Gasteiger partial charge is 0.351 e. The molecule has 2 heterocycles. The second-order valence-corrected chi connectivity index (χ2v) is 8.92. The number of rotatable bonds is 9. The van der Waals surface area contributed by atoms with E-state index < -0.39 is 72.1 Å². The summed E-state index contributed by atoms with van der Waals surface area (Å²) in [6.45, 7) is 8.76. The zero-order valence-electron chi connectivity index (χ0n) is 20.4. The molecule has 1 aliphatic heterocycles. The van der Waals surface area contributed by atoms with Gasteiger partial charge in [0.1, 0.15) is 12.4 Å². The number of azide groups is 1. The van der Waals surface area contributed by atoms with Gasteiger partial charge in [-0.1, -0.05) is 46.7 Å². The predicted molar refractivity (Wildman–Crippen MR) is 120 cm³/mol. The van der Waals surface area contributed by atoms with Crippen LogP contribution in [-0.2, 0) is 33.3 Å². The number of anilines is 1. The number of carbonyl (C=O) groups excluding carboxylic acids is 3. The molecule has 4 atom stereocenters. The van der Waals surface area contributed by atoms with Crippen LogP contribution < -0.4 is 11.4 Å². The molecule has 35 heavy (non-hydrogen) atoms. The molecule has 0 bridgehead atoms. The fourth-order valence-electron chi connectivity index (χ4n) is 3.04. The summed E-state index contributed by atoms with van der Waals surface area (Å²) in [4.78, 5) is 56.4.